The zero-order chi connectivity index (χ0) is 24.0. The molecule has 9 nitrogen and oxygen atoms in total. The second-order valence-corrected chi connectivity index (χ2v) is 11.3. The summed E-state index contributed by atoms with van der Waals surface area (Å²) in [5, 5.41) is 1.06. The minimum atomic E-state index is -0.526. The number of aromatic nitrogens is 5. The summed E-state index contributed by atoms with van der Waals surface area (Å²) < 4.78 is 13.8. The van der Waals surface area contributed by atoms with E-state index in [1.165, 1.54) is 6.33 Å². The Morgan fingerprint density at radius 1 is 1.18 bits per heavy atom. The first-order valence-electron chi connectivity index (χ1n) is 11.3. The van der Waals surface area contributed by atoms with Crippen LogP contribution < -0.4 is 4.74 Å². The number of thiazole rings is 1. The fourth-order valence-electron chi connectivity index (χ4n) is 3.69. The molecule has 0 aliphatic carbocycles. The van der Waals surface area contributed by atoms with Crippen molar-refractivity contribution >= 4 is 28.6 Å². The Labute approximate surface area is 198 Å². The number of rotatable bonds is 4. The van der Waals surface area contributed by atoms with Crippen LogP contribution in [0.25, 0.3) is 21.9 Å². The summed E-state index contributed by atoms with van der Waals surface area (Å²) >= 11 is 1.64. The van der Waals surface area contributed by atoms with E-state index in [0.29, 0.717) is 37.5 Å². The van der Waals surface area contributed by atoms with E-state index in [1.807, 2.05) is 27.0 Å². The van der Waals surface area contributed by atoms with Gasteiger partial charge in [0.25, 0.3) is 0 Å². The van der Waals surface area contributed by atoms with Gasteiger partial charge in [-0.2, -0.15) is 4.98 Å². The lowest BCUT2D eigenvalue weighted by Crippen LogP contribution is -2.36. The van der Waals surface area contributed by atoms with E-state index in [4.69, 9.17) is 14.5 Å². The number of imidazole rings is 1. The third kappa shape index (κ3) is 4.95. The van der Waals surface area contributed by atoms with Crippen LogP contribution in [0.2, 0.25) is 0 Å². The highest BCUT2D eigenvalue weighted by Crippen LogP contribution is 2.35. The predicted molar refractivity (Wildman–Crippen MR) is 128 cm³/mol. The second kappa shape index (κ2) is 8.55. The molecule has 0 spiro atoms. The first-order valence-corrected chi connectivity index (χ1v) is 12.1. The van der Waals surface area contributed by atoms with Crippen LogP contribution in [-0.4, -0.2) is 60.3 Å². The minimum absolute atomic E-state index is 0.0253. The Balaban J connectivity index is 1.59. The van der Waals surface area contributed by atoms with Crippen LogP contribution in [0.4, 0.5) is 4.79 Å². The van der Waals surface area contributed by atoms with Gasteiger partial charge in [0, 0.05) is 31.1 Å². The van der Waals surface area contributed by atoms with Crippen LogP contribution >= 0.6 is 11.3 Å². The fourth-order valence-corrected chi connectivity index (χ4v) is 4.66. The fraction of sp³-hybridized carbons (Fsp3) is 0.609. The molecular weight excluding hydrogens is 440 g/mol. The number of carbonyl (C=O) groups is 1. The molecule has 1 unspecified atom stereocenters. The van der Waals surface area contributed by atoms with Crippen molar-refractivity contribution < 1.29 is 14.3 Å². The van der Waals surface area contributed by atoms with Gasteiger partial charge in [-0.1, -0.05) is 20.8 Å². The van der Waals surface area contributed by atoms with E-state index in [1.54, 1.807) is 16.2 Å². The summed E-state index contributed by atoms with van der Waals surface area (Å²) in [4.78, 5) is 33.4. The van der Waals surface area contributed by atoms with Gasteiger partial charge in [0.1, 0.15) is 18.0 Å². The third-order valence-corrected chi connectivity index (χ3v) is 6.68. The number of carbonyl (C=O) groups excluding carboxylic acids is 1. The highest BCUT2D eigenvalue weighted by atomic mass is 32.1. The van der Waals surface area contributed by atoms with Gasteiger partial charge in [-0.15, -0.1) is 11.3 Å². The SMILES string of the molecule is CCn1c(-c2cnc(C(C)(C)C)s2)nc2c(OC3CCN(C(=O)OC(C)(C)C)C3)ncnc21. The Bertz CT molecular complexity index is 1160. The maximum Gasteiger partial charge on any atom is 0.410 e. The molecule has 1 saturated heterocycles. The van der Waals surface area contributed by atoms with Gasteiger partial charge in [0.15, 0.2) is 17.0 Å². The van der Waals surface area contributed by atoms with E-state index in [2.05, 4.69) is 47.2 Å². The third-order valence-electron chi connectivity index (χ3n) is 5.26. The molecule has 178 valence electrons. The van der Waals surface area contributed by atoms with Crippen LogP contribution in [0.5, 0.6) is 5.88 Å². The van der Waals surface area contributed by atoms with E-state index in [9.17, 15) is 4.79 Å². The summed E-state index contributed by atoms with van der Waals surface area (Å²) in [7, 11) is 0. The summed E-state index contributed by atoms with van der Waals surface area (Å²) in [5.74, 6) is 1.25. The first kappa shape index (κ1) is 23.4. The molecule has 0 N–H and O–H groups in total. The van der Waals surface area contributed by atoms with Crippen molar-refractivity contribution in [3.05, 3.63) is 17.5 Å². The Hall–Kier alpha value is -2.75. The highest BCUT2D eigenvalue weighted by Gasteiger charge is 2.32. The number of ether oxygens (including phenoxy) is 2. The van der Waals surface area contributed by atoms with Gasteiger partial charge in [-0.25, -0.2) is 19.7 Å². The number of hydrogen-bond donors (Lipinski definition) is 0. The average Bonchev–Trinajstić information content (AvgIpc) is 3.44. The standard InChI is InChI=1S/C23H32N6O3S/c1-8-29-17(15-11-24-20(33-15)22(2,3)4)27-16-18(29)25-13-26-19(16)31-14-9-10-28(12-14)21(30)32-23(5,6)7/h11,13-14H,8-10,12H2,1-7H3. The number of amides is 1. The van der Waals surface area contributed by atoms with Gasteiger partial charge < -0.3 is 18.9 Å². The van der Waals surface area contributed by atoms with Crippen molar-refractivity contribution in [1.82, 2.24) is 29.4 Å². The van der Waals surface area contributed by atoms with Crippen molar-refractivity contribution in [3.63, 3.8) is 0 Å². The summed E-state index contributed by atoms with van der Waals surface area (Å²) in [6.45, 7) is 15.8. The second-order valence-electron chi connectivity index (χ2n) is 10.3. The molecule has 0 radical (unpaired) electrons. The number of hydrogen-bond acceptors (Lipinski definition) is 8. The molecule has 1 aliphatic heterocycles. The van der Waals surface area contributed by atoms with Crippen molar-refractivity contribution in [1.29, 1.82) is 0 Å². The Morgan fingerprint density at radius 2 is 1.94 bits per heavy atom. The molecule has 33 heavy (non-hydrogen) atoms. The molecule has 4 rings (SSSR count). The minimum Gasteiger partial charge on any atom is -0.471 e. The van der Waals surface area contributed by atoms with Gasteiger partial charge >= 0.3 is 6.09 Å². The van der Waals surface area contributed by atoms with Crippen LogP contribution in [0.15, 0.2) is 12.5 Å². The highest BCUT2D eigenvalue weighted by molar-refractivity contribution is 7.15. The van der Waals surface area contributed by atoms with Gasteiger partial charge in [0.2, 0.25) is 5.88 Å². The van der Waals surface area contributed by atoms with Gasteiger partial charge in [-0.05, 0) is 27.7 Å². The number of aryl methyl sites for hydroxylation is 1. The average molecular weight is 473 g/mol. The maximum atomic E-state index is 12.4. The van der Waals surface area contributed by atoms with Crippen LogP contribution in [0.1, 0.15) is 59.9 Å². The smallest absolute Gasteiger partial charge is 0.410 e. The first-order chi connectivity index (χ1) is 15.5. The lowest BCUT2D eigenvalue weighted by Gasteiger charge is -2.24. The van der Waals surface area contributed by atoms with Crippen molar-refractivity contribution in [2.24, 2.45) is 0 Å². The molecule has 1 amide bonds. The van der Waals surface area contributed by atoms with Crippen molar-refractivity contribution in [2.75, 3.05) is 13.1 Å². The van der Waals surface area contributed by atoms with Gasteiger partial charge in [0.05, 0.1) is 16.4 Å². The zero-order valence-electron chi connectivity index (χ0n) is 20.4. The summed E-state index contributed by atoms with van der Waals surface area (Å²) in [6.07, 6.45) is 3.59. The molecular formula is C23H32N6O3S. The predicted octanol–water partition coefficient (Wildman–Crippen LogP) is 4.66. The molecule has 10 heteroatoms. The number of likely N-dealkylation sites (tertiary alicyclic amines) is 1. The quantitative estimate of drug-likeness (QED) is 0.545. The Kier molecular flexibility index (Phi) is 6.07. The lowest BCUT2D eigenvalue weighted by molar-refractivity contribution is 0.0275. The summed E-state index contributed by atoms with van der Waals surface area (Å²) in [6, 6.07) is 0. The molecule has 1 atom stereocenters. The molecule has 3 aromatic rings. The normalized spacial score (nSPS) is 17.1. The molecule has 0 bridgehead atoms. The van der Waals surface area contributed by atoms with Crippen molar-refractivity contribution in [3.8, 4) is 16.6 Å². The molecule has 4 heterocycles. The number of nitrogens with zero attached hydrogens (tertiary/aromatic N) is 6. The van der Waals surface area contributed by atoms with E-state index < -0.39 is 5.60 Å². The molecule has 1 fully saturated rings. The summed E-state index contributed by atoms with van der Waals surface area (Å²) in [5.41, 5.74) is 0.797. The topological polar surface area (TPSA) is 95.3 Å². The molecule has 0 aromatic carbocycles. The molecule has 0 saturated carbocycles. The molecule has 1 aliphatic rings. The van der Waals surface area contributed by atoms with E-state index >= 15 is 0 Å². The van der Waals surface area contributed by atoms with Gasteiger partial charge in [-0.3, -0.25) is 0 Å². The monoisotopic (exact) mass is 472 g/mol. The molecule has 3 aromatic heterocycles. The Morgan fingerprint density at radius 3 is 2.58 bits per heavy atom. The van der Waals surface area contributed by atoms with Crippen LogP contribution in [0.3, 0.4) is 0 Å². The van der Waals surface area contributed by atoms with E-state index in [-0.39, 0.29) is 17.6 Å². The maximum absolute atomic E-state index is 12.4. The zero-order valence-corrected chi connectivity index (χ0v) is 21.2. The number of fused-ring (bicyclic) bond motifs is 1. The van der Waals surface area contributed by atoms with Crippen molar-refractivity contribution in [2.45, 2.75) is 78.6 Å². The lowest BCUT2D eigenvalue weighted by atomic mass is 9.98. The largest absolute Gasteiger partial charge is 0.471 e. The van der Waals surface area contributed by atoms with Crippen LogP contribution in [0, 0.1) is 0 Å². The van der Waals surface area contributed by atoms with Crippen LogP contribution in [-0.2, 0) is 16.7 Å². The van der Waals surface area contributed by atoms with E-state index in [0.717, 1.165) is 21.4 Å².